The Morgan fingerprint density at radius 3 is 1.40 bits per heavy atom. The molecule has 0 fully saturated rings. The molecule has 10 heteroatoms. The van der Waals surface area contributed by atoms with Gasteiger partial charge in [-0.2, -0.15) is 18.2 Å². The number of pyridine rings is 2. The largest absolute Gasteiger partial charge is 2.00 e. The molecule has 0 spiro atoms. The predicted octanol–water partition coefficient (Wildman–Crippen LogP) is 5.66. The van der Waals surface area contributed by atoms with E-state index in [2.05, 4.69) is 47.9 Å². The van der Waals surface area contributed by atoms with Crippen LogP contribution < -0.4 is 31.2 Å². The van der Waals surface area contributed by atoms with Crippen molar-refractivity contribution >= 4 is 78.0 Å². The number of ether oxygens (including phenoxy) is 3. The van der Waals surface area contributed by atoms with E-state index in [0.717, 1.165) is 37.6 Å². The van der Waals surface area contributed by atoms with E-state index in [1.54, 1.807) is 33.7 Å². The molecule has 0 amide bonds. The van der Waals surface area contributed by atoms with Crippen LogP contribution in [0.4, 0.5) is 0 Å². The summed E-state index contributed by atoms with van der Waals surface area (Å²) in [5.74, 6) is 2.63. The van der Waals surface area contributed by atoms with Crippen LogP contribution in [0, 0.1) is 6.07 Å². The van der Waals surface area contributed by atoms with Crippen LogP contribution in [0.2, 0.25) is 0 Å². The summed E-state index contributed by atoms with van der Waals surface area (Å²) in [4.78, 5) is 8.16. The van der Waals surface area contributed by atoms with E-state index >= 15 is 0 Å². The Kier molecular flexibility index (Phi) is 30.0. The van der Waals surface area contributed by atoms with Gasteiger partial charge in [-0.3, -0.25) is 4.98 Å². The second kappa shape index (κ2) is 28.1. The third-order valence-electron chi connectivity index (χ3n) is 4.65. The number of hydrogen-bond donors (Lipinski definition) is 0. The smallest absolute Gasteiger partial charge is 1.00 e. The number of benzene rings is 3. The first kappa shape index (κ1) is 44.8. The molecule has 0 radical (unpaired) electrons. The van der Waals surface area contributed by atoms with Crippen molar-refractivity contribution in [3.05, 3.63) is 137 Å². The Bertz CT molecular complexity index is 1290. The molecule has 0 N–H and O–H groups in total. The van der Waals surface area contributed by atoms with E-state index in [1.165, 1.54) is 0 Å². The van der Waals surface area contributed by atoms with E-state index in [9.17, 15) is 0 Å². The van der Waals surface area contributed by atoms with Crippen LogP contribution in [0.25, 0.3) is 11.3 Å². The molecular formula is C32H35Br3Mg2N2O3. The minimum Gasteiger partial charge on any atom is -1.00 e. The van der Waals surface area contributed by atoms with Gasteiger partial charge in [0.05, 0.1) is 27.0 Å². The Balaban J connectivity index is -0.000000152. The molecule has 2 aromatic heterocycles. The zero-order valence-corrected chi connectivity index (χ0v) is 30.8. The van der Waals surface area contributed by atoms with Crippen molar-refractivity contribution in [1.29, 1.82) is 0 Å². The molecule has 0 unspecified atom stereocenters. The Hall–Kier alpha value is -1.67. The molecule has 5 nitrogen and oxygen atoms in total. The van der Waals surface area contributed by atoms with E-state index < -0.39 is 0 Å². The van der Waals surface area contributed by atoms with Crippen molar-refractivity contribution in [3.63, 3.8) is 0 Å². The third-order valence-corrected chi connectivity index (χ3v) is 5.65. The maximum Gasteiger partial charge on any atom is 2.00 e. The maximum atomic E-state index is 5.08. The van der Waals surface area contributed by atoms with Gasteiger partial charge in [-0.25, -0.2) is 4.98 Å². The van der Waals surface area contributed by atoms with E-state index in [0.29, 0.717) is 0 Å². The standard InChI is InChI=1S/C12H11NO.C7H7BrO.C7H7O.C5H4BrN.CH4.BrH.2Mg.2H/c1-14-11-7-5-10(6-8-11)12-4-2-3-9-13-12;1-9-7-4-2-6(8)3-5-7;1-8-7-5-3-2-4-6-7;6-5-3-1-2-4-7-5;;;;;;/h2-9H,1H3;2-5H,1H3;3-6H,1H3;1-4H;1H4;1H;;;;/q;;-1;;;;2*+2;2*-1/p-1. The number of rotatable bonds is 4. The summed E-state index contributed by atoms with van der Waals surface area (Å²) in [7, 11) is 4.97. The molecule has 216 valence electrons. The third kappa shape index (κ3) is 19.5. The van der Waals surface area contributed by atoms with Crippen molar-refractivity contribution < 1.29 is 34.0 Å². The maximum absolute atomic E-state index is 5.08. The second-order valence-electron chi connectivity index (χ2n) is 7.19. The minimum absolute atomic E-state index is 0. The molecule has 0 atom stereocenters. The van der Waals surface area contributed by atoms with Gasteiger partial charge in [-0.05, 0) is 88.7 Å². The predicted molar refractivity (Wildman–Crippen MR) is 181 cm³/mol. The molecule has 0 bridgehead atoms. The SMILES string of the molecule is Brc1ccccn1.C.COc1cc[c-]cc1.COc1ccc(-c2ccccn2)cc1.COc1ccc(Br)cc1.[Br-].[H-].[H-].[Mg+2].[Mg+2]. The van der Waals surface area contributed by atoms with Crippen LogP contribution in [0.1, 0.15) is 10.3 Å². The van der Waals surface area contributed by atoms with Crippen LogP contribution in [0.5, 0.6) is 17.2 Å². The molecule has 0 aliphatic rings. The fourth-order valence-corrected chi connectivity index (χ4v) is 3.25. The average molecular weight is 784 g/mol. The number of hydrogen-bond acceptors (Lipinski definition) is 5. The zero-order valence-electron chi connectivity index (χ0n) is 25.2. The monoisotopic (exact) mass is 780 g/mol. The van der Waals surface area contributed by atoms with Gasteiger partial charge >= 0.3 is 46.1 Å². The van der Waals surface area contributed by atoms with Crippen molar-refractivity contribution in [2.45, 2.75) is 7.43 Å². The first-order valence-electron chi connectivity index (χ1n) is 11.5. The van der Waals surface area contributed by atoms with Gasteiger partial charge in [-0.1, -0.05) is 35.5 Å². The fraction of sp³-hybridized carbons (Fsp3) is 0.125. The van der Waals surface area contributed by atoms with Crippen molar-refractivity contribution in [1.82, 2.24) is 9.97 Å². The van der Waals surface area contributed by atoms with E-state index in [-0.39, 0.29) is 73.4 Å². The van der Waals surface area contributed by atoms with Gasteiger partial charge in [-0.15, -0.1) is 12.1 Å². The zero-order chi connectivity index (χ0) is 27.4. The van der Waals surface area contributed by atoms with Crippen LogP contribution in [0.3, 0.4) is 0 Å². The van der Waals surface area contributed by atoms with Gasteiger partial charge in [0.15, 0.2) is 0 Å². The van der Waals surface area contributed by atoms with Crippen molar-refractivity contribution in [3.8, 4) is 28.5 Å². The fourth-order valence-electron chi connectivity index (χ4n) is 2.72. The molecule has 0 aliphatic heterocycles. The van der Waals surface area contributed by atoms with Crippen LogP contribution in [-0.4, -0.2) is 77.4 Å². The Labute approximate surface area is 313 Å². The summed E-state index contributed by atoms with van der Waals surface area (Å²) >= 11 is 6.52. The normalized spacial score (nSPS) is 8.31. The molecule has 0 aliphatic carbocycles. The second-order valence-corrected chi connectivity index (χ2v) is 8.92. The summed E-state index contributed by atoms with van der Waals surface area (Å²) in [5, 5.41) is 0. The Morgan fingerprint density at radius 1 is 0.595 bits per heavy atom. The van der Waals surface area contributed by atoms with Gasteiger partial charge in [0, 0.05) is 28.2 Å². The van der Waals surface area contributed by atoms with Gasteiger partial charge < -0.3 is 34.0 Å². The van der Waals surface area contributed by atoms with E-state index in [4.69, 9.17) is 14.2 Å². The first-order chi connectivity index (χ1) is 18.5. The Morgan fingerprint density at radius 2 is 1.05 bits per heavy atom. The topological polar surface area (TPSA) is 53.5 Å². The quantitative estimate of drug-likeness (QED) is 0.134. The minimum atomic E-state index is 0. The summed E-state index contributed by atoms with van der Waals surface area (Å²) in [6, 6.07) is 37.4. The number of halogens is 3. The molecule has 0 saturated heterocycles. The molecule has 5 rings (SSSR count). The van der Waals surface area contributed by atoms with Crippen LogP contribution in [0.15, 0.2) is 131 Å². The number of methoxy groups -OCH3 is 3. The summed E-state index contributed by atoms with van der Waals surface area (Å²) in [6.07, 6.45) is 3.53. The molecule has 2 heterocycles. The van der Waals surface area contributed by atoms with Crippen molar-refractivity contribution in [2.24, 2.45) is 0 Å². The number of nitrogens with zero attached hydrogens (tertiary/aromatic N) is 2. The van der Waals surface area contributed by atoms with Gasteiger partial charge in [0.2, 0.25) is 0 Å². The molecular weight excluding hydrogens is 749 g/mol. The molecule has 0 saturated carbocycles. The van der Waals surface area contributed by atoms with Crippen LogP contribution >= 0.6 is 31.9 Å². The molecule has 42 heavy (non-hydrogen) atoms. The first-order valence-corrected chi connectivity index (χ1v) is 13.1. The van der Waals surface area contributed by atoms with Gasteiger partial charge in [0.25, 0.3) is 0 Å². The van der Waals surface area contributed by atoms with Crippen LogP contribution in [-0.2, 0) is 0 Å². The average Bonchev–Trinajstić information content (AvgIpc) is 3.00. The van der Waals surface area contributed by atoms with Gasteiger partial charge in [0.1, 0.15) is 16.1 Å². The summed E-state index contributed by atoms with van der Waals surface area (Å²) < 4.78 is 16.9. The van der Waals surface area contributed by atoms with E-state index in [1.807, 2.05) is 109 Å². The molecule has 5 aromatic rings. The summed E-state index contributed by atoms with van der Waals surface area (Å²) in [5.41, 5.74) is 2.08. The molecule has 3 aromatic carbocycles. The number of aromatic nitrogens is 2. The van der Waals surface area contributed by atoms with Crippen molar-refractivity contribution in [2.75, 3.05) is 21.3 Å². The summed E-state index contributed by atoms with van der Waals surface area (Å²) in [6.45, 7) is 0.